The summed E-state index contributed by atoms with van der Waals surface area (Å²) in [7, 11) is 0. The summed E-state index contributed by atoms with van der Waals surface area (Å²) in [6, 6.07) is 12.9. The number of nitrogens with one attached hydrogen (secondary N) is 1. The summed E-state index contributed by atoms with van der Waals surface area (Å²) < 4.78 is 1.77. The molecule has 194 valence electrons. The molecule has 0 aliphatic heterocycles. The van der Waals surface area contributed by atoms with Gasteiger partial charge in [-0.2, -0.15) is 4.57 Å². The van der Waals surface area contributed by atoms with E-state index in [1.54, 1.807) is 16.8 Å². The molecule has 0 atom stereocenters. The summed E-state index contributed by atoms with van der Waals surface area (Å²) in [5.74, 6) is -0.0400. The smallest absolute Gasteiger partial charge is 0.257 e. The summed E-state index contributed by atoms with van der Waals surface area (Å²) in [6.07, 6.45) is 22.2. The SMILES string of the molecule is CCCCCCCCCCCCCCCCNC(=O)c1ccc[n+](CC(=O)c2ccccc2)c1.[Br-]. The molecule has 5 heteroatoms. The van der Waals surface area contributed by atoms with E-state index >= 15 is 0 Å². The molecule has 0 spiro atoms. The van der Waals surface area contributed by atoms with Crippen molar-refractivity contribution in [3.63, 3.8) is 0 Å². The number of halogens is 1. The van der Waals surface area contributed by atoms with Gasteiger partial charge in [0.15, 0.2) is 12.4 Å². The van der Waals surface area contributed by atoms with Gasteiger partial charge in [-0.05, 0) is 12.5 Å². The normalized spacial score (nSPS) is 10.5. The van der Waals surface area contributed by atoms with Gasteiger partial charge in [0.1, 0.15) is 5.56 Å². The average molecular weight is 546 g/mol. The minimum Gasteiger partial charge on any atom is -1.00 e. The molecule has 1 N–H and O–H groups in total. The lowest BCUT2D eigenvalue weighted by molar-refractivity contribution is -0.683. The molecule has 1 heterocycles. The first-order chi connectivity index (χ1) is 16.7. The van der Waals surface area contributed by atoms with E-state index in [2.05, 4.69) is 12.2 Å². The molecule has 1 aromatic carbocycles. The molecule has 0 radical (unpaired) electrons. The molecule has 1 amide bonds. The zero-order valence-corrected chi connectivity index (χ0v) is 23.2. The molecular formula is C30H45BrN2O2. The van der Waals surface area contributed by atoms with Crippen LogP contribution in [0.3, 0.4) is 0 Å². The Morgan fingerprint density at radius 3 is 1.77 bits per heavy atom. The molecule has 0 fully saturated rings. The Bertz CT molecular complexity index is 826. The molecule has 0 aliphatic carbocycles. The highest BCUT2D eigenvalue weighted by molar-refractivity contribution is 5.95. The summed E-state index contributed by atoms with van der Waals surface area (Å²) in [6.45, 7) is 3.20. The second-order valence-corrected chi connectivity index (χ2v) is 9.41. The van der Waals surface area contributed by atoms with Gasteiger partial charge in [-0.3, -0.25) is 9.59 Å². The molecule has 0 saturated carbocycles. The van der Waals surface area contributed by atoms with Crippen LogP contribution in [0.4, 0.5) is 0 Å². The number of pyridine rings is 1. The number of Topliss-reactive ketones (excluding diaryl/α,β-unsaturated/α-hetero) is 1. The van der Waals surface area contributed by atoms with Crippen molar-refractivity contribution < 1.29 is 31.1 Å². The first-order valence-electron chi connectivity index (χ1n) is 13.6. The van der Waals surface area contributed by atoms with E-state index in [1.165, 1.54) is 77.0 Å². The third-order valence-electron chi connectivity index (χ3n) is 6.36. The molecule has 2 aromatic rings. The zero-order valence-electron chi connectivity index (χ0n) is 21.7. The number of amides is 1. The summed E-state index contributed by atoms with van der Waals surface area (Å²) >= 11 is 0. The minimum atomic E-state index is -0.0730. The number of hydrogen-bond donors (Lipinski definition) is 1. The number of carbonyl (C=O) groups excluding carboxylic acids is 2. The molecule has 0 saturated heterocycles. The predicted molar refractivity (Wildman–Crippen MR) is 140 cm³/mol. The Morgan fingerprint density at radius 2 is 1.20 bits per heavy atom. The van der Waals surface area contributed by atoms with Crippen molar-refractivity contribution in [1.29, 1.82) is 0 Å². The van der Waals surface area contributed by atoms with Gasteiger partial charge < -0.3 is 22.3 Å². The van der Waals surface area contributed by atoms with E-state index in [-0.39, 0.29) is 35.2 Å². The van der Waals surface area contributed by atoms with Gasteiger partial charge in [0.05, 0.1) is 0 Å². The van der Waals surface area contributed by atoms with E-state index in [0.717, 1.165) is 12.8 Å². The highest BCUT2D eigenvalue weighted by Gasteiger charge is 2.14. The molecule has 2 rings (SSSR count). The van der Waals surface area contributed by atoms with Crippen LogP contribution in [0.1, 0.15) is 118 Å². The van der Waals surface area contributed by atoms with Crippen LogP contribution in [0.5, 0.6) is 0 Å². The van der Waals surface area contributed by atoms with Gasteiger partial charge in [-0.15, -0.1) is 0 Å². The van der Waals surface area contributed by atoms with Crippen LogP contribution in [-0.4, -0.2) is 18.2 Å². The van der Waals surface area contributed by atoms with E-state index in [4.69, 9.17) is 0 Å². The maximum atomic E-state index is 12.5. The monoisotopic (exact) mass is 544 g/mol. The summed E-state index contributed by atoms with van der Waals surface area (Å²) in [5.41, 5.74) is 1.27. The van der Waals surface area contributed by atoms with Crippen molar-refractivity contribution in [2.75, 3.05) is 6.54 Å². The van der Waals surface area contributed by atoms with Gasteiger partial charge in [-0.1, -0.05) is 121 Å². The maximum absolute atomic E-state index is 12.5. The molecule has 4 nitrogen and oxygen atoms in total. The lowest BCUT2D eigenvalue weighted by Gasteiger charge is -2.05. The van der Waals surface area contributed by atoms with E-state index < -0.39 is 0 Å². The highest BCUT2D eigenvalue weighted by Crippen LogP contribution is 2.12. The van der Waals surface area contributed by atoms with E-state index in [0.29, 0.717) is 17.7 Å². The highest BCUT2D eigenvalue weighted by atomic mass is 79.9. The van der Waals surface area contributed by atoms with Crippen molar-refractivity contribution in [1.82, 2.24) is 5.32 Å². The van der Waals surface area contributed by atoms with Crippen LogP contribution in [0.25, 0.3) is 0 Å². The third kappa shape index (κ3) is 14.2. The lowest BCUT2D eigenvalue weighted by atomic mass is 10.0. The third-order valence-corrected chi connectivity index (χ3v) is 6.36. The number of benzene rings is 1. The summed E-state index contributed by atoms with van der Waals surface area (Å²) in [5, 5.41) is 3.02. The quantitative estimate of drug-likeness (QED) is 0.164. The second kappa shape index (κ2) is 20.2. The van der Waals surface area contributed by atoms with Gasteiger partial charge in [0, 0.05) is 18.2 Å². The Morgan fingerprint density at radius 1 is 0.686 bits per heavy atom. The molecule has 0 bridgehead atoms. The number of rotatable bonds is 19. The van der Waals surface area contributed by atoms with E-state index in [1.807, 2.05) is 42.6 Å². The first kappa shape index (κ1) is 31.0. The number of unbranched alkanes of at least 4 members (excludes halogenated alkanes) is 13. The average Bonchev–Trinajstić information content (AvgIpc) is 2.87. The van der Waals surface area contributed by atoms with Crippen molar-refractivity contribution in [3.8, 4) is 0 Å². The van der Waals surface area contributed by atoms with Crippen LogP contribution >= 0.6 is 0 Å². The van der Waals surface area contributed by atoms with Gasteiger partial charge in [0.2, 0.25) is 12.3 Å². The number of hydrogen-bond acceptors (Lipinski definition) is 2. The van der Waals surface area contributed by atoms with Crippen LogP contribution < -0.4 is 26.9 Å². The van der Waals surface area contributed by atoms with E-state index in [9.17, 15) is 9.59 Å². The fraction of sp³-hybridized carbons (Fsp3) is 0.567. The standard InChI is InChI=1S/C30H44N2O2.BrH/c1-2-3-4-5-6-7-8-9-10-11-12-13-14-18-23-31-30(34)28-22-19-24-32(25-28)26-29(33)27-20-16-15-17-21-27;/h15-17,19-22,24-25H,2-14,18,23,26H2,1H3;1H. The molecular weight excluding hydrogens is 500 g/mol. The van der Waals surface area contributed by atoms with Crippen molar-refractivity contribution in [2.45, 2.75) is 103 Å². The van der Waals surface area contributed by atoms with Crippen LogP contribution in [0, 0.1) is 0 Å². The van der Waals surface area contributed by atoms with Gasteiger partial charge in [-0.25, -0.2) is 0 Å². The molecule has 35 heavy (non-hydrogen) atoms. The Kier molecular flexibility index (Phi) is 17.9. The lowest BCUT2D eigenvalue weighted by Crippen LogP contribution is -3.00. The Balaban J connectivity index is 0.00000612. The fourth-order valence-corrected chi connectivity index (χ4v) is 4.26. The van der Waals surface area contributed by atoms with Crippen LogP contribution in [0.15, 0.2) is 54.9 Å². The second-order valence-electron chi connectivity index (χ2n) is 9.41. The van der Waals surface area contributed by atoms with Crippen LogP contribution in [-0.2, 0) is 6.54 Å². The largest absolute Gasteiger partial charge is 1.00 e. The van der Waals surface area contributed by atoms with Crippen molar-refractivity contribution >= 4 is 11.7 Å². The van der Waals surface area contributed by atoms with Crippen molar-refractivity contribution in [3.05, 3.63) is 66.0 Å². The van der Waals surface area contributed by atoms with Gasteiger partial charge >= 0.3 is 0 Å². The number of carbonyl (C=O) groups is 2. The molecule has 0 unspecified atom stereocenters. The number of ketones is 1. The maximum Gasteiger partial charge on any atom is 0.257 e. The minimum absolute atomic E-state index is 0. The predicted octanol–water partition coefficient (Wildman–Crippen LogP) is 4.07. The topological polar surface area (TPSA) is 50.1 Å². The Hall–Kier alpha value is -2.01. The Labute approximate surface area is 223 Å². The molecule has 0 aliphatic rings. The van der Waals surface area contributed by atoms with Crippen molar-refractivity contribution in [2.24, 2.45) is 0 Å². The zero-order chi connectivity index (χ0) is 24.3. The first-order valence-corrected chi connectivity index (χ1v) is 13.6. The number of nitrogens with zero attached hydrogens (tertiary/aromatic N) is 1. The summed E-state index contributed by atoms with van der Waals surface area (Å²) in [4.78, 5) is 24.9. The van der Waals surface area contributed by atoms with Gasteiger partial charge in [0.25, 0.3) is 5.91 Å². The number of aromatic nitrogens is 1. The van der Waals surface area contributed by atoms with Crippen LogP contribution in [0.2, 0.25) is 0 Å². The fourth-order valence-electron chi connectivity index (χ4n) is 4.26. The molecule has 1 aromatic heterocycles.